The first-order valence-electron chi connectivity index (χ1n) is 8.26. The van der Waals surface area contributed by atoms with Crippen molar-refractivity contribution < 1.29 is 13.7 Å². The van der Waals surface area contributed by atoms with Gasteiger partial charge in [0.1, 0.15) is 11.3 Å². The van der Waals surface area contributed by atoms with E-state index in [1.807, 2.05) is 43.3 Å². The highest BCUT2D eigenvalue weighted by Crippen LogP contribution is 2.28. The van der Waals surface area contributed by atoms with E-state index in [0.29, 0.717) is 5.76 Å². The second-order valence-corrected chi connectivity index (χ2v) is 6.10. The van der Waals surface area contributed by atoms with E-state index in [-0.39, 0.29) is 17.6 Å². The summed E-state index contributed by atoms with van der Waals surface area (Å²) in [5.41, 5.74) is 1.82. The molecule has 0 aliphatic rings. The Balaban J connectivity index is 1.56. The van der Waals surface area contributed by atoms with Crippen LogP contribution in [0.4, 0.5) is 0 Å². The number of furan rings is 1. The summed E-state index contributed by atoms with van der Waals surface area (Å²) in [6.45, 7) is 1.91. The number of fused-ring (bicyclic) bond motifs is 1. The summed E-state index contributed by atoms with van der Waals surface area (Å²) in [4.78, 5) is 18.4. The van der Waals surface area contributed by atoms with Crippen molar-refractivity contribution in [2.45, 2.75) is 13.0 Å². The molecule has 26 heavy (non-hydrogen) atoms. The number of hydrogen-bond donors (Lipinski definition) is 0. The van der Waals surface area contributed by atoms with Crippen molar-refractivity contribution in [1.82, 2.24) is 15.0 Å². The quantitative estimate of drug-likeness (QED) is 0.550. The second-order valence-electron chi connectivity index (χ2n) is 6.10. The molecular formula is C20H17N3O3. The van der Waals surface area contributed by atoms with Crippen molar-refractivity contribution >= 4 is 16.9 Å². The van der Waals surface area contributed by atoms with E-state index in [9.17, 15) is 4.79 Å². The number of amides is 1. The van der Waals surface area contributed by atoms with Crippen LogP contribution in [0.15, 0.2) is 69.9 Å². The molecular weight excluding hydrogens is 330 g/mol. The molecule has 4 rings (SSSR count). The fourth-order valence-electron chi connectivity index (χ4n) is 2.78. The summed E-state index contributed by atoms with van der Waals surface area (Å²) in [7, 11) is 1.72. The van der Waals surface area contributed by atoms with Gasteiger partial charge in [-0.15, -0.1) is 0 Å². The average molecular weight is 347 g/mol. The van der Waals surface area contributed by atoms with Gasteiger partial charge in [0, 0.05) is 36.5 Å². The van der Waals surface area contributed by atoms with E-state index in [2.05, 4.69) is 10.1 Å². The summed E-state index contributed by atoms with van der Waals surface area (Å²) in [6.07, 6.45) is 3.34. The van der Waals surface area contributed by atoms with Gasteiger partial charge in [-0.05, 0) is 31.2 Å². The lowest BCUT2D eigenvalue weighted by molar-refractivity contribution is 0.0717. The van der Waals surface area contributed by atoms with Crippen LogP contribution in [0.3, 0.4) is 0 Å². The van der Waals surface area contributed by atoms with Gasteiger partial charge in [0.2, 0.25) is 0 Å². The lowest BCUT2D eigenvalue weighted by atomic mass is 10.1. The molecule has 6 nitrogen and oxygen atoms in total. The van der Waals surface area contributed by atoms with E-state index in [0.717, 1.165) is 22.3 Å². The average Bonchev–Trinajstić information content (AvgIpc) is 3.34. The Morgan fingerprint density at radius 1 is 1.15 bits per heavy atom. The van der Waals surface area contributed by atoms with Gasteiger partial charge in [-0.2, -0.15) is 0 Å². The van der Waals surface area contributed by atoms with Crippen molar-refractivity contribution in [1.29, 1.82) is 0 Å². The SMILES string of the molecule is CC(c1cc2ccccc2o1)N(C)C(=O)c1cc(-c2cccnc2)on1. The number of para-hydroxylation sites is 1. The van der Waals surface area contributed by atoms with Crippen molar-refractivity contribution in [3.8, 4) is 11.3 Å². The van der Waals surface area contributed by atoms with Gasteiger partial charge < -0.3 is 13.8 Å². The van der Waals surface area contributed by atoms with Crippen LogP contribution >= 0.6 is 0 Å². The molecule has 0 N–H and O–H groups in total. The largest absolute Gasteiger partial charge is 0.459 e. The number of hydrogen-bond acceptors (Lipinski definition) is 5. The lowest BCUT2D eigenvalue weighted by Gasteiger charge is -2.22. The third kappa shape index (κ3) is 2.86. The number of nitrogens with zero attached hydrogens (tertiary/aromatic N) is 3. The Morgan fingerprint density at radius 2 is 2.00 bits per heavy atom. The molecule has 1 atom stereocenters. The minimum absolute atomic E-state index is 0.239. The van der Waals surface area contributed by atoms with E-state index in [4.69, 9.17) is 8.94 Å². The summed E-state index contributed by atoms with van der Waals surface area (Å²) >= 11 is 0. The van der Waals surface area contributed by atoms with Gasteiger partial charge in [0.05, 0.1) is 6.04 Å². The van der Waals surface area contributed by atoms with E-state index >= 15 is 0 Å². The first-order valence-corrected chi connectivity index (χ1v) is 8.26. The molecule has 0 saturated heterocycles. The van der Waals surface area contributed by atoms with Crippen molar-refractivity contribution in [3.63, 3.8) is 0 Å². The van der Waals surface area contributed by atoms with E-state index < -0.39 is 0 Å². The Labute approximate surface area is 150 Å². The number of aromatic nitrogens is 2. The predicted octanol–water partition coefficient (Wildman–Crippen LogP) is 4.32. The van der Waals surface area contributed by atoms with Crippen molar-refractivity contribution in [2.75, 3.05) is 7.05 Å². The second kappa shape index (κ2) is 6.48. The van der Waals surface area contributed by atoms with Crippen molar-refractivity contribution in [3.05, 3.63) is 72.4 Å². The number of benzene rings is 1. The molecule has 0 spiro atoms. The summed E-state index contributed by atoms with van der Waals surface area (Å²) in [6, 6.07) is 14.8. The zero-order valence-corrected chi connectivity index (χ0v) is 14.4. The highest BCUT2D eigenvalue weighted by molar-refractivity contribution is 5.93. The van der Waals surface area contributed by atoms with Gasteiger partial charge >= 0.3 is 0 Å². The van der Waals surface area contributed by atoms with Crippen LogP contribution < -0.4 is 0 Å². The summed E-state index contributed by atoms with van der Waals surface area (Å²) < 4.78 is 11.2. The lowest BCUT2D eigenvalue weighted by Crippen LogP contribution is -2.29. The van der Waals surface area contributed by atoms with Gasteiger partial charge in [0.15, 0.2) is 11.5 Å². The minimum Gasteiger partial charge on any atom is -0.459 e. The molecule has 3 heterocycles. The maximum absolute atomic E-state index is 12.8. The molecule has 130 valence electrons. The van der Waals surface area contributed by atoms with Crippen LogP contribution in [-0.2, 0) is 0 Å². The third-order valence-electron chi connectivity index (χ3n) is 4.43. The molecule has 6 heteroatoms. The van der Waals surface area contributed by atoms with Crippen molar-refractivity contribution in [2.24, 2.45) is 0 Å². The van der Waals surface area contributed by atoms with Gasteiger partial charge in [-0.1, -0.05) is 23.4 Å². The molecule has 0 fully saturated rings. The Bertz CT molecular complexity index is 1020. The molecule has 1 aromatic carbocycles. The molecule has 3 aromatic heterocycles. The minimum atomic E-state index is -0.242. The molecule has 0 bridgehead atoms. The van der Waals surface area contributed by atoms with Crippen LogP contribution in [0.2, 0.25) is 0 Å². The molecule has 4 aromatic rings. The zero-order valence-electron chi connectivity index (χ0n) is 14.4. The van der Waals surface area contributed by atoms with Crippen LogP contribution in [0.25, 0.3) is 22.3 Å². The standard InChI is InChI=1S/C20H17N3O3/c1-13(18-10-14-6-3-4-8-17(14)25-18)23(2)20(24)16-11-19(26-22-16)15-7-5-9-21-12-15/h3-13H,1-2H3. The van der Waals surface area contributed by atoms with Crippen LogP contribution in [-0.4, -0.2) is 28.0 Å². The number of carbonyl (C=O) groups is 1. The molecule has 0 saturated carbocycles. The maximum atomic E-state index is 12.8. The summed E-state index contributed by atoms with van der Waals surface area (Å²) in [5.74, 6) is 0.987. The van der Waals surface area contributed by atoms with Gasteiger partial charge in [0.25, 0.3) is 5.91 Å². The zero-order chi connectivity index (χ0) is 18.1. The third-order valence-corrected chi connectivity index (χ3v) is 4.43. The first kappa shape index (κ1) is 16.1. The smallest absolute Gasteiger partial charge is 0.276 e. The molecule has 1 amide bonds. The molecule has 1 unspecified atom stereocenters. The fraction of sp³-hybridized carbons (Fsp3) is 0.150. The maximum Gasteiger partial charge on any atom is 0.276 e. The van der Waals surface area contributed by atoms with Gasteiger partial charge in [-0.25, -0.2) is 0 Å². The number of pyridine rings is 1. The number of carbonyl (C=O) groups excluding carboxylic acids is 1. The highest BCUT2D eigenvalue weighted by atomic mass is 16.5. The monoisotopic (exact) mass is 347 g/mol. The summed E-state index contributed by atoms with van der Waals surface area (Å²) in [5, 5.41) is 4.92. The van der Waals surface area contributed by atoms with E-state index in [1.54, 1.807) is 36.5 Å². The Hall–Kier alpha value is -3.41. The number of rotatable bonds is 4. The molecule has 0 aliphatic heterocycles. The fourth-order valence-corrected chi connectivity index (χ4v) is 2.78. The topological polar surface area (TPSA) is 72.4 Å². The van der Waals surface area contributed by atoms with E-state index in [1.165, 1.54) is 0 Å². The van der Waals surface area contributed by atoms with Gasteiger partial charge in [-0.3, -0.25) is 9.78 Å². The first-order chi connectivity index (χ1) is 12.6. The predicted molar refractivity (Wildman–Crippen MR) is 96.5 cm³/mol. The van der Waals surface area contributed by atoms with Crippen LogP contribution in [0, 0.1) is 0 Å². The van der Waals surface area contributed by atoms with Crippen LogP contribution in [0.1, 0.15) is 29.2 Å². The molecule has 0 radical (unpaired) electrons. The Morgan fingerprint density at radius 3 is 2.77 bits per heavy atom. The van der Waals surface area contributed by atoms with Crippen LogP contribution in [0.5, 0.6) is 0 Å². The normalized spacial score (nSPS) is 12.2. The molecule has 0 aliphatic carbocycles. The highest BCUT2D eigenvalue weighted by Gasteiger charge is 2.24. The Kier molecular flexibility index (Phi) is 4.01.